The summed E-state index contributed by atoms with van der Waals surface area (Å²) in [6.45, 7) is 2.91. The van der Waals surface area contributed by atoms with Gasteiger partial charge >= 0.3 is 0 Å². The van der Waals surface area contributed by atoms with E-state index in [4.69, 9.17) is 4.74 Å². The SMILES string of the molecule is CNC(Cc1ccc(C)cc1)c1cc(Br)cc2c1OCC2. The molecular formula is C18H20BrNO. The lowest BCUT2D eigenvalue weighted by atomic mass is 9.96. The summed E-state index contributed by atoms with van der Waals surface area (Å²) >= 11 is 3.62. The number of hydrogen-bond donors (Lipinski definition) is 1. The predicted octanol–water partition coefficient (Wildman–Crippen LogP) is 4.20. The fraction of sp³-hybridized carbons (Fsp3) is 0.333. The first kappa shape index (κ1) is 14.6. The van der Waals surface area contributed by atoms with E-state index in [2.05, 4.69) is 64.6 Å². The molecule has 0 amide bonds. The Morgan fingerprint density at radius 1 is 1.24 bits per heavy atom. The molecule has 110 valence electrons. The Morgan fingerprint density at radius 3 is 2.71 bits per heavy atom. The molecule has 0 saturated carbocycles. The number of fused-ring (bicyclic) bond motifs is 1. The molecule has 1 atom stereocenters. The Hall–Kier alpha value is -1.32. The van der Waals surface area contributed by atoms with Crippen LogP contribution in [0.3, 0.4) is 0 Å². The summed E-state index contributed by atoms with van der Waals surface area (Å²) in [4.78, 5) is 0. The third-order valence-electron chi connectivity index (χ3n) is 4.06. The third-order valence-corrected chi connectivity index (χ3v) is 4.52. The highest BCUT2D eigenvalue weighted by atomic mass is 79.9. The molecule has 0 radical (unpaired) electrons. The van der Waals surface area contributed by atoms with Crippen molar-refractivity contribution in [2.24, 2.45) is 0 Å². The van der Waals surface area contributed by atoms with Gasteiger partial charge in [0, 0.05) is 22.5 Å². The van der Waals surface area contributed by atoms with Crippen LogP contribution in [0.4, 0.5) is 0 Å². The largest absolute Gasteiger partial charge is 0.493 e. The predicted molar refractivity (Wildman–Crippen MR) is 90.0 cm³/mol. The molecule has 0 spiro atoms. The average Bonchev–Trinajstić information content (AvgIpc) is 2.94. The monoisotopic (exact) mass is 345 g/mol. The Balaban J connectivity index is 1.91. The van der Waals surface area contributed by atoms with Crippen LogP contribution in [0.25, 0.3) is 0 Å². The Kier molecular flexibility index (Phi) is 4.32. The number of nitrogens with one attached hydrogen (secondary N) is 1. The van der Waals surface area contributed by atoms with Gasteiger partial charge in [0.1, 0.15) is 5.75 Å². The molecule has 1 unspecified atom stereocenters. The molecule has 0 aromatic heterocycles. The van der Waals surface area contributed by atoms with Gasteiger partial charge in [-0.2, -0.15) is 0 Å². The maximum atomic E-state index is 5.86. The van der Waals surface area contributed by atoms with Crippen LogP contribution in [0.15, 0.2) is 40.9 Å². The van der Waals surface area contributed by atoms with Crippen molar-refractivity contribution in [3.05, 3.63) is 63.1 Å². The van der Waals surface area contributed by atoms with E-state index in [0.717, 1.165) is 29.7 Å². The second kappa shape index (κ2) is 6.20. The number of likely N-dealkylation sites (N-methyl/N-ethyl adjacent to an activating group) is 1. The number of halogens is 1. The quantitative estimate of drug-likeness (QED) is 0.896. The van der Waals surface area contributed by atoms with E-state index in [0.29, 0.717) is 0 Å². The first-order chi connectivity index (χ1) is 10.2. The highest BCUT2D eigenvalue weighted by Gasteiger charge is 2.22. The summed E-state index contributed by atoms with van der Waals surface area (Å²) in [5.41, 5.74) is 5.20. The first-order valence-electron chi connectivity index (χ1n) is 7.35. The van der Waals surface area contributed by atoms with Crippen molar-refractivity contribution >= 4 is 15.9 Å². The molecule has 2 aromatic rings. The van der Waals surface area contributed by atoms with Gasteiger partial charge in [-0.3, -0.25) is 0 Å². The van der Waals surface area contributed by atoms with Gasteiger partial charge in [-0.25, -0.2) is 0 Å². The van der Waals surface area contributed by atoms with Gasteiger partial charge in [0.2, 0.25) is 0 Å². The molecule has 3 rings (SSSR count). The van der Waals surface area contributed by atoms with Gasteiger partial charge in [0.25, 0.3) is 0 Å². The van der Waals surface area contributed by atoms with Gasteiger partial charge in [-0.1, -0.05) is 45.8 Å². The Labute approximate surface area is 134 Å². The van der Waals surface area contributed by atoms with Crippen LogP contribution in [0, 0.1) is 6.92 Å². The lowest BCUT2D eigenvalue weighted by Crippen LogP contribution is -2.19. The van der Waals surface area contributed by atoms with Gasteiger partial charge < -0.3 is 10.1 Å². The zero-order chi connectivity index (χ0) is 14.8. The van der Waals surface area contributed by atoms with Crippen LogP contribution in [0.5, 0.6) is 5.75 Å². The van der Waals surface area contributed by atoms with Crippen molar-refractivity contribution in [3.63, 3.8) is 0 Å². The van der Waals surface area contributed by atoms with E-state index in [1.54, 1.807) is 0 Å². The van der Waals surface area contributed by atoms with Crippen LogP contribution < -0.4 is 10.1 Å². The van der Waals surface area contributed by atoms with Crippen LogP contribution in [0.2, 0.25) is 0 Å². The van der Waals surface area contributed by atoms with Gasteiger partial charge in [-0.05, 0) is 43.7 Å². The van der Waals surface area contributed by atoms with E-state index >= 15 is 0 Å². The maximum Gasteiger partial charge on any atom is 0.127 e. The highest BCUT2D eigenvalue weighted by Crippen LogP contribution is 2.37. The molecule has 3 heteroatoms. The molecule has 0 aliphatic carbocycles. The number of benzene rings is 2. The minimum Gasteiger partial charge on any atom is -0.493 e. The summed E-state index contributed by atoms with van der Waals surface area (Å²) in [5.74, 6) is 1.07. The summed E-state index contributed by atoms with van der Waals surface area (Å²) < 4.78 is 6.99. The van der Waals surface area contributed by atoms with Crippen LogP contribution in [-0.2, 0) is 12.8 Å². The maximum absolute atomic E-state index is 5.86. The lowest BCUT2D eigenvalue weighted by molar-refractivity contribution is 0.349. The smallest absolute Gasteiger partial charge is 0.127 e. The molecule has 21 heavy (non-hydrogen) atoms. The number of aryl methyl sites for hydroxylation is 1. The Bertz CT molecular complexity index is 636. The van der Waals surface area contributed by atoms with Crippen LogP contribution in [-0.4, -0.2) is 13.7 Å². The minimum atomic E-state index is 0.261. The van der Waals surface area contributed by atoms with Crippen molar-refractivity contribution in [2.45, 2.75) is 25.8 Å². The second-order valence-electron chi connectivity index (χ2n) is 5.61. The number of rotatable bonds is 4. The normalized spacial score (nSPS) is 14.6. The Morgan fingerprint density at radius 2 is 2.00 bits per heavy atom. The molecule has 1 heterocycles. The van der Waals surface area contributed by atoms with E-state index in [-0.39, 0.29) is 6.04 Å². The molecule has 1 N–H and O–H groups in total. The molecule has 0 bridgehead atoms. The number of ether oxygens (including phenoxy) is 1. The zero-order valence-corrected chi connectivity index (χ0v) is 14.0. The molecule has 2 aromatic carbocycles. The van der Waals surface area contributed by atoms with Crippen molar-refractivity contribution < 1.29 is 4.74 Å². The lowest BCUT2D eigenvalue weighted by Gasteiger charge is -2.20. The van der Waals surface area contributed by atoms with Crippen molar-refractivity contribution in [3.8, 4) is 5.75 Å². The standard InChI is InChI=1S/C18H20BrNO/c1-12-3-5-13(6-4-12)9-17(20-2)16-11-15(19)10-14-7-8-21-18(14)16/h3-6,10-11,17,20H,7-9H2,1-2H3. The minimum absolute atomic E-state index is 0.261. The van der Waals surface area contributed by atoms with Gasteiger partial charge in [-0.15, -0.1) is 0 Å². The van der Waals surface area contributed by atoms with Crippen LogP contribution in [0.1, 0.15) is 28.3 Å². The fourth-order valence-electron chi connectivity index (χ4n) is 2.88. The van der Waals surface area contributed by atoms with E-state index < -0.39 is 0 Å². The molecule has 0 fully saturated rings. The van der Waals surface area contributed by atoms with Crippen LogP contribution >= 0.6 is 15.9 Å². The molecule has 2 nitrogen and oxygen atoms in total. The second-order valence-corrected chi connectivity index (χ2v) is 6.53. The van der Waals surface area contributed by atoms with E-state index in [1.807, 2.05) is 7.05 Å². The number of hydrogen-bond acceptors (Lipinski definition) is 2. The van der Waals surface area contributed by atoms with Crippen molar-refractivity contribution in [1.29, 1.82) is 0 Å². The summed E-state index contributed by atoms with van der Waals surface area (Å²) in [6, 6.07) is 13.4. The molecule has 1 aliphatic heterocycles. The van der Waals surface area contributed by atoms with Crippen molar-refractivity contribution in [2.75, 3.05) is 13.7 Å². The summed E-state index contributed by atoms with van der Waals surface area (Å²) in [7, 11) is 2.01. The van der Waals surface area contributed by atoms with Gasteiger partial charge in [0.05, 0.1) is 6.61 Å². The molecular weight excluding hydrogens is 326 g/mol. The van der Waals surface area contributed by atoms with Gasteiger partial charge in [0.15, 0.2) is 0 Å². The molecule has 1 aliphatic rings. The first-order valence-corrected chi connectivity index (χ1v) is 8.14. The third kappa shape index (κ3) is 3.14. The van der Waals surface area contributed by atoms with E-state index in [9.17, 15) is 0 Å². The zero-order valence-electron chi connectivity index (χ0n) is 12.4. The van der Waals surface area contributed by atoms with Crippen molar-refractivity contribution in [1.82, 2.24) is 5.32 Å². The fourth-order valence-corrected chi connectivity index (χ4v) is 3.41. The summed E-state index contributed by atoms with van der Waals surface area (Å²) in [5, 5.41) is 3.44. The van der Waals surface area contributed by atoms with E-state index in [1.165, 1.54) is 22.3 Å². The molecule has 0 saturated heterocycles. The topological polar surface area (TPSA) is 21.3 Å². The average molecular weight is 346 g/mol. The summed E-state index contributed by atoms with van der Waals surface area (Å²) in [6.07, 6.45) is 1.96. The highest BCUT2D eigenvalue weighted by molar-refractivity contribution is 9.10.